The number of methoxy groups -OCH3 is 2. The molecule has 3 aliphatic heterocycles. The maximum atomic E-state index is 13.9. The van der Waals surface area contributed by atoms with Gasteiger partial charge in [-0.3, -0.25) is 29.7 Å². The fourth-order valence-corrected chi connectivity index (χ4v) is 9.67. The molecule has 3 aromatic heterocycles. The maximum Gasteiger partial charge on any atom is 0.353 e. The molecule has 4 amide bonds. The van der Waals surface area contributed by atoms with E-state index in [0.717, 1.165) is 76.3 Å². The van der Waals surface area contributed by atoms with Crippen molar-refractivity contribution in [2.75, 3.05) is 55.1 Å². The smallest absolute Gasteiger partial charge is 0.353 e. The number of carbonyl (C=O) groups excluding carboxylic acids is 3. The van der Waals surface area contributed by atoms with Crippen LogP contribution in [0.4, 0.5) is 22.0 Å². The zero-order chi connectivity index (χ0) is 44.6. The van der Waals surface area contributed by atoms with Crippen LogP contribution in [0.25, 0.3) is 27.9 Å². The van der Waals surface area contributed by atoms with Gasteiger partial charge in [-0.05, 0) is 108 Å². The second-order valence-electron chi connectivity index (χ2n) is 16.2. The lowest BCUT2D eigenvalue weighted by Gasteiger charge is -2.34. The Labute approximate surface area is 375 Å². The minimum atomic E-state index is -0.441. The van der Waals surface area contributed by atoms with E-state index in [4.69, 9.17) is 26.1 Å². The molecule has 0 bridgehead atoms. The van der Waals surface area contributed by atoms with Crippen LogP contribution in [0.2, 0.25) is 5.02 Å². The average molecular weight is 882 g/mol. The molecule has 0 spiro atoms. The number of nitrogens with zero attached hydrogens (tertiary/aromatic N) is 8. The molecule has 0 aliphatic carbocycles. The number of hydrogen-bond acceptors (Lipinski definition) is 10. The first kappa shape index (κ1) is 42.3. The number of amides is 4. The Morgan fingerprint density at radius 1 is 0.781 bits per heavy atom. The molecule has 3 saturated heterocycles. The van der Waals surface area contributed by atoms with E-state index in [2.05, 4.69) is 45.4 Å². The molecular formula is C48H48ClN9O6. The molecule has 3 fully saturated rings. The molecule has 64 heavy (non-hydrogen) atoms. The third-order valence-electron chi connectivity index (χ3n) is 12.7. The fourth-order valence-electron chi connectivity index (χ4n) is 9.37. The van der Waals surface area contributed by atoms with E-state index in [1.165, 1.54) is 16.4 Å². The number of nitrogens with one attached hydrogen (secondary N) is 1. The molecule has 1 N–H and O–H groups in total. The summed E-state index contributed by atoms with van der Waals surface area (Å²) in [6, 6.07) is 23.7. The summed E-state index contributed by atoms with van der Waals surface area (Å²) in [5, 5.41) is 7.25. The van der Waals surface area contributed by atoms with Crippen molar-refractivity contribution in [1.29, 1.82) is 0 Å². The highest BCUT2D eigenvalue weighted by molar-refractivity contribution is 6.32. The first-order chi connectivity index (χ1) is 31.1. The number of halogens is 1. The topological polar surface area (TPSA) is 157 Å². The van der Waals surface area contributed by atoms with Gasteiger partial charge in [0.05, 0.1) is 37.7 Å². The number of pyridine rings is 2. The highest BCUT2D eigenvalue weighted by Crippen LogP contribution is 2.44. The lowest BCUT2D eigenvalue weighted by Crippen LogP contribution is -2.39. The van der Waals surface area contributed by atoms with Crippen molar-refractivity contribution in [3.63, 3.8) is 0 Å². The third kappa shape index (κ3) is 7.73. The van der Waals surface area contributed by atoms with E-state index in [0.29, 0.717) is 54.6 Å². The van der Waals surface area contributed by atoms with Crippen LogP contribution in [-0.4, -0.2) is 82.6 Å². The van der Waals surface area contributed by atoms with E-state index < -0.39 is 5.92 Å². The number of hydrogen-bond donors (Lipinski definition) is 1. The molecule has 0 radical (unpaired) electrons. The van der Waals surface area contributed by atoms with Crippen molar-refractivity contribution in [1.82, 2.24) is 29.6 Å². The van der Waals surface area contributed by atoms with E-state index in [9.17, 15) is 19.2 Å². The number of benzene rings is 3. The lowest BCUT2D eigenvalue weighted by atomic mass is 9.86. The highest BCUT2D eigenvalue weighted by atomic mass is 35.5. The quantitative estimate of drug-likeness (QED) is 0.131. The van der Waals surface area contributed by atoms with Crippen LogP contribution in [0.15, 0.2) is 96.2 Å². The fraction of sp³-hybridized carbons (Fsp3) is 0.312. The molecule has 328 valence electrons. The van der Waals surface area contributed by atoms with Crippen molar-refractivity contribution >= 4 is 46.6 Å². The Morgan fingerprint density at radius 2 is 1.56 bits per heavy atom. The van der Waals surface area contributed by atoms with E-state index in [-0.39, 0.29) is 35.5 Å². The van der Waals surface area contributed by atoms with Crippen molar-refractivity contribution in [2.45, 2.75) is 50.9 Å². The summed E-state index contributed by atoms with van der Waals surface area (Å²) >= 11 is 6.76. The second kappa shape index (κ2) is 17.6. The minimum Gasteiger partial charge on any atom is -0.496 e. The number of urea groups is 1. The van der Waals surface area contributed by atoms with Crippen LogP contribution in [0.1, 0.15) is 61.1 Å². The van der Waals surface area contributed by atoms with Gasteiger partial charge >= 0.3 is 17.7 Å². The second-order valence-corrected chi connectivity index (χ2v) is 16.6. The third-order valence-corrected chi connectivity index (χ3v) is 13.0. The normalized spacial score (nSPS) is 17.0. The molecule has 15 nitrogen and oxygen atoms in total. The van der Waals surface area contributed by atoms with Gasteiger partial charge in [-0.15, -0.1) is 5.10 Å². The van der Waals surface area contributed by atoms with Crippen LogP contribution in [0, 0.1) is 0 Å². The number of anilines is 3. The SMILES string of the molecule is CCc1c(-c2ccc(-n3c(OC)nn(C)c3=O)cc2-c2ccc(C3CCN(c4ccc(C5CCC(=O)NC5=O)c(Cl)c4)CC3)cc2OC)ccnc1N1CCN(c2cccnc2)C1=O. The van der Waals surface area contributed by atoms with Gasteiger partial charge in [0.25, 0.3) is 0 Å². The number of imide groups is 1. The number of aryl methyl sites for hydroxylation is 1. The number of carbonyl (C=O) groups is 3. The van der Waals surface area contributed by atoms with Crippen molar-refractivity contribution in [3.8, 4) is 39.7 Å². The van der Waals surface area contributed by atoms with Gasteiger partial charge < -0.3 is 14.4 Å². The Bertz CT molecular complexity index is 2840. The summed E-state index contributed by atoms with van der Waals surface area (Å²) in [5.41, 5.74) is 8.13. The van der Waals surface area contributed by atoms with Crippen LogP contribution in [-0.2, 0) is 23.1 Å². The Hall–Kier alpha value is -7.00. The van der Waals surface area contributed by atoms with Gasteiger partial charge in [-0.2, -0.15) is 0 Å². The number of piperidine rings is 2. The standard InChI is InChI=1S/C48H48ClN9O6/c1-5-34-36(16-20-51-44(34)57-24-23-56(48(57)62)33-7-6-19-50-28-33)35-12-10-32(58-46(64-4)53-54(2)47(58)61)26-40(35)38-11-8-30(25-42(38)63-3)29-17-21-55(22-18-29)31-9-13-37(41(49)27-31)39-14-15-43(59)52-45(39)60/h6-13,16,19-20,25-29,39H,5,14-15,17-18,21-24H2,1-4H3,(H,52,59,60). The van der Waals surface area contributed by atoms with Crippen LogP contribution in [0.3, 0.4) is 0 Å². The van der Waals surface area contributed by atoms with Crippen molar-refractivity contribution < 1.29 is 23.9 Å². The predicted octanol–water partition coefficient (Wildman–Crippen LogP) is 7.28. The van der Waals surface area contributed by atoms with E-state index in [1.54, 1.807) is 42.5 Å². The van der Waals surface area contributed by atoms with Gasteiger partial charge in [0, 0.05) is 73.9 Å². The Morgan fingerprint density at radius 3 is 2.28 bits per heavy atom. The largest absolute Gasteiger partial charge is 0.496 e. The molecule has 6 heterocycles. The summed E-state index contributed by atoms with van der Waals surface area (Å²) in [7, 11) is 4.73. The van der Waals surface area contributed by atoms with Gasteiger partial charge in [0.1, 0.15) is 11.6 Å². The van der Waals surface area contributed by atoms with E-state index >= 15 is 0 Å². The average Bonchev–Trinajstić information content (AvgIpc) is 3.85. The maximum absolute atomic E-state index is 13.9. The first-order valence-corrected chi connectivity index (χ1v) is 21.8. The van der Waals surface area contributed by atoms with Crippen LogP contribution >= 0.6 is 11.6 Å². The van der Waals surface area contributed by atoms with E-state index in [1.807, 2.05) is 54.6 Å². The summed E-state index contributed by atoms with van der Waals surface area (Å²) in [5.74, 6) is 0.540. The number of rotatable bonds is 11. The van der Waals surface area contributed by atoms with Crippen LogP contribution < -0.4 is 35.2 Å². The molecule has 9 rings (SSSR count). The zero-order valence-corrected chi connectivity index (χ0v) is 36.8. The zero-order valence-electron chi connectivity index (χ0n) is 36.1. The molecule has 16 heteroatoms. The first-order valence-electron chi connectivity index (χ1n) is 21.5. The van der Waals surface area contributed by atoms with Gasteiger partial charge in [0.2, 0.25) is 11.8 Å². The predicted molar refractivity (Wildman–Crippen MR) is 245 cm³/mol. The molecule has 1 unspecified atom stereocenters. The number of ether oxygens (including phenoxy) is 2. The molecule has 3 aliphatic rings. The summed E-state index contributed by atoms with van der Waals surface area (Å²) < 4.78 is 14.4. The molecule has 1 atom stereocenters. The minimum absolute atomic E-state index is 0.151. The van der Waals surface area contributed by atoms with Crippen LogP contribution in [0.5, 0.6) is 11.8 Å². The molecule has 0 saturated carbocycles. The summed E-state index contributed by atoms with van der Waals surface area (Å²) in [6.45, 7) is 4.63. The Balaban J connectivity index is 1.04. The van der Waals surface area contributed by atoms with Gasteiger partial charge in [-0.1, -0.05) is 42.8 Å². The van der Waals surface area contributed by atoms with Gasteiger partial charge in [0.15, 0.2) is 0 Å². The monoisotopic (exact) mass is 881 g/mol. The lowest BCUT2D eigenvalue weighted by molar-refractivity contribution is -0.134. The molecular weight excluding hydrogens is 834 g/mol. The molecule has 6 aromatic rings. The summed E-state index contributed by atoms with van der Waals surface area (Å²) in [6.07, 6.45) is 8.24. The van der Waals surface area contributed by atoms with Crippen molar-refractivity contribution in [2.24, 2.45) is 7.05 Å². The van der Waals surface area contributed by atoms with Crippen molar-refractivity contribution in [3.05, 3.63) is 124 Å². The Kier molecular flexibility index (Phi) is 11.7. The number of aromatic nitrogens is 5. The highest BCUT2D eigenvalue weighted by Gasteiger charge is 2.34. The van der Waals surface area contributed by atoms with Gasteiger partial charge in [-0.25, -0.2) is 23.8 Å². The summed E-state index contributed by atoms with van der Waals surface area (Å²) in [4.78, 5) is 66.4. The molecule has 3 aromatic carbocycles.